The van der Waals surface area contributed by atoms with Gasteiger partial charge in [-0.3, -0.25) is 4.79 Å². The van der Waals surface area contributed by atoms with Gasteiger partial charge in [0.2, 0.25) is 5.91 Å². The quantitative estimate of drug-likeness (QED) is 0.589. The van der Waals surface area contributed by atoms with Crippen molar-refractivity contribution < 1.29 is 9.90 Å². The molecule has 2 N–H and O–H groups in total. The summed E-state index contributed by atoms with van der Waals surface area (Å²) in [5.74, 6) is 4.79. The highest BCUT2D eigenvalue weighted by Crippen LogP contribution is 2.66. The first-order valence-electron chi connectivity index (χ1n) is 13.0. The van der Waals surface area contributed by atoms with E-state index in [9.17, 15) is 9.90 Å². The van der Waals surface area contributed by atoms with Crippen LogP contribution in [0.2, 0.25) is 0 Å². The van der Waals surface area contributed by atoms with E-state index < -0.39 is 0 Å². The molecule has 176 valence electrons. The monoisotopic (exact) mass is 455 g/mol. The molecule has 5 rings (SSSR count). The predicted octanol–water partition coefficient (Wildman–Crippen LogP) is 5.81. The van der Waals surface area contributed by atoms with Crippen LogP contribution in [0.15, 0.2) is 30.3 Å². The highest BCUT2D eigenvalue weighted by atomic mass is 32.2. The summed E-state index contributed by atoms with van der Waals surface area (Å²) in [6, 6.07) is 10.8. The van der Waals surface area contributed by atoms with E-state index in [0.717, 1.165) is 48.7 Å². The average Bonchev–Trinajstić information content (AvgIpc) is 3.11. The Morgan fingerprint density at radius 1 is 1.00 bits per heavy atom. The van der Waals surface area contributed by atoms with Crippen LogP contribution in [0.25, 0.3) is 0 Å². The molecule has 3 nitrogen and oxygen atoms in total. The topological polar surface area (TPSA) is 49.3 Å². The standard InChI is InChI=1S/C28H41NO2S/c1-27-14-12-21(30)16-20(27)8-9-22-23-10-11-25(28(23,2)15-13-24(22)27)29-26(31)18-32-17-19-6-4-3-5-7-19/h3-7,20-25,30H,8-18H2,1-2H3,(H,29,31)/t20-,21-,22-,23-,24-,25-,27-,28-/m0/s1. The lowest BCUT2D eigenvalue weighted by atomic mass is 9.45. The van der Waals surface area contributed by atoms with E-state index in [1.54, 1.807) is 11.8 Å². The molecule has 32 heavy (non-hydrogen) atoms. The van der Waals surface area contributed by atoms with Gasteiger partial charge in [0.05, 0.1) is 11.9 Å². The molecule has 1 amide bonds. The summed E-state index contributed by atoms with van der Waals surface area (Å²) < 4.78 is 0. The number of fused-ring (bicyclic) bond motifs is 5. The summed E-state index contributed by atoms with van der Waals surface area (Å²) in [4.78, 5) is 12.8. The first kappa shape index (κ1) is 22.8. The molecule has 0 aromatic heterocycles. The van der Waals surface area contributed by atoms with Crippen LogP contribution >= 0.6 is 11.8 Å². The van der Waals surface area contributed by atoms with Crippen LogP contribution in [0.4, 0.5) is 0 Å². The molecule has 4 aliphatic carbocycles. The fourth-order valence-corrected chi connectivity index (χ4v) is 9.34. The van der Waals surface area contributed by atoms with E-state index in [1.807, 2.05) is 6.07 Å². The van der Waals surface area contributed by atoms with Gasteiger partial charge < -0.3 is 10.4 Å². The number of aliphatic hydroxyl groups is 1. The zero-order chi connectivity index (χ0) is 22.3. The Hall–Kier alpha value is -1.00. The SMILES string of the molecule is C[C@]12CC[C@H](O)C[C@@H]1CC[C@@H]1[C@@H]2CC[C@]2(C)[C@@H](NC(=O)CSCc3ccccc3)CC[C@@H]12. The number of carbonyl (C=O) groups is 1. The van der Waals surface area contributed by atoms with E-state index >= 15 is 0 Å². The molecule has 4 fully saturated rings. The molecular weight excluding hydrogens is 414 g/mol. The van der Waals surface area contributed by atoms with Gasteiger partial charge in [-0.05, 0) is 97.9 Å². The molecule has 0 aliphatic heterocycles. The number of amides is 1. The summed E-state index contributed by atoms with van der Waals surface area (Å²) in [6.45, 7) is 5.04. The molecule has 0 radical (unpaired) electrons. The summed E-state index contributed by atoms with van der Waals surface area (Å²) >= 11 is 1.72. The Morgan fingerprint density at radius 3 is 2.56 bits per heavy atom. The highest BCUT2D eigenvalue weighted by molar-refractivity contribution is 7.99. The van der Waals surface area contributed by atoms with Gasteiger partial charge >= 0.3 is 0 Å². The molecule has 0 bridgehead atoms. The van der Waals surface area contributed by atoms with Crippen LogP contribution in [-0.4, -0.2) is 28.9 Å². The number of thioether (sulfide) groups is 1. The molecule has 0 unspecified atom stereocenters. The summed E-state index contributed by atoms with van der Waals surface area (Å²) in [5.41, 5.74) is 1.98. The van der Waals surface area contributed by atoms with E-state index in [4.69, 9.17) is 0 Å². The van der Waals surface area contributed by atoms with Gasteiger partial charge in [-0.1, -0.05) is 44.2 Å². The van der Waals surface area contributed by atoms with Crippen LogP contribution in [0.1, 0.15) is 77.2 Å². The maximum absolute atomic E-state index is 12.8. The van der Waals surface area contributed by atoms with Crippen LogP contribution < -0.4 is 5.32 Å². The third kappa shape index (κ3) is 4.04. The van der Waals surface area contributed by atoms with Crippen molar-refractivity contribution in [1.29, 1.82) is 0 Å². The molecule has 8 atom stereocenters. The summed E-state index contributed by atoms with van der Waals surface area (Å²) in [6.07, 6.45) is 10.8. The molecule has 1 aromatic carbocycles. The van der Waals surface area contributed by atoms with Crippen molar-refractivity contribution in [3.05, 3.63) is 35.9 Å². The lowest BCUT2D eigenvalue weighted by Crippen LogP contribution is -2.56. The Bertz CT molecular complexity index is 815. The van der Waals surface area contributed by atoms with Crippen LogP contribution in [0.3, 0.4) is 0 Å². The Balaban J connectivity index is 1.20. The molecular formula is C28H41NO2S. The number of aliphatic hydroxyl groups excluding tert-OH is 1. The van der Waals surface area contributed by atoms with E-state index in [0.29, 0.717) is 17.2 Å². The number of hydrogen-bond donors (Lipinski definition) is 2. The van der Waals surface area contributed by atoms with Gasteiger partial charge in [0.25, 0.3) is 0 Å². The molecule has 4 heteroatoms. The summed E-state index contributed by atoms with van der Waals surface area (Å²) in [7, 11) is 0. The van der Waals surface area contributed by atoms with Gasteiger partial charge in [-0.25, -0.2) is 0 Å². The number of nitrogens with one attached hydrogen (secondary N) is 1. The lowest BCUT2D eigenvalue weighted by Gasteiger charge is -2.60. The van der Waals surface area contributed by atoms with Crippen LogP contribution in [0.5, 0.6) is 0 Å². The maximum atomic E-state index is 12.8. The Morgan fingerprint density at radius 2 is 1.75 bits per heavy atom. The minimum absolute atomic E-state index is 0.0654. The second-order valence-electron chi connectivity index (χ2n) is 11.8. The number of rotatable bonds is 5. The average molecular weight is 456 g/mol. The second-order valence-corrected chi connectivity index (χ2v) is 12.8. The zero-order valence-corrected chi connectivity index (χ0v) is 20.7. The molecule has 4 aliphatic rings. The predicted molar refractivity (Wildman–Crippen MR) is 132 cm³/mol. The molecule has 0 saturated heterocycles. The third-order valence-electron chi connectivity index (χ3n) is 10.3. The minimum Gasteiger partial charge on any atom is -0.393 e. The van der Waals surface area contributed by atoms with E-state index in [-0.39, 0.29) is 17.4 Å². The molecule has 4 saturated carbocycles. The van der Waals surface area contributed by atoms with Crippen molar-refractivity contribution in [1.82, 2.24) is 5.32 Å². The minimum atomic E-state index is -0.0654. The summed E-state index contributed by atoms with van der Waals surface area (Å²) in [5, 5.41) is 13.7. The zero-order valence-electron chi connectivity index (χ0n) is 19.9. The first-order chi connectivity index (χ1) is 15.4. The van der Waals surface area contributed by atoms with Crippen LogP contribution in [-0.2, 0) is 10.5 Å². The molecule has 0 spiro atoms. The number of hydrogen-bond acceptors (Lipinski definition) is 3. The van der Waals surface area contributed by atoms with Gasteiger partial charge in [0.15, 0.2) is 0 Å². The van der Waals surface area contributed by atoms with Crippen molar-refractivity contribution in [2.75, 3.05) is 5.75 Å². The van der Waals surface area contributed by atoms with E-state index in [2.05, 4.69) is 43.4 Å². The van der Waals surface area contributed by atoms with Crippen molar-refractivity contribution in [3.8, 4) is 0 Å². The van der Waals surface area contributed by atoms with Gasteiger partial charge in [-0.2, -0.15) is 0 Å². The van der Waals surface area contributed by atoms with Crippen molar-refractivity contribution >= 4 is 17.7 Å². The molecule has 0 heterocycles. The second kappa shape index (κ2) is 8.98. The number of carbonyl (C=O) groups excluding carboxylic acids is 1. The van der Waals surface area contributed by atoms with Crippen molar-refractivity contribution in [2.24, 2.45) is 34.5 Å². The van der Waals surface area contributed by atoms with Gasteiger partial charge in [0.1, 0.15) is 0 Å². The van der Waals surface area contributed by atoms with Crippen LogP contribution in [0, 0.1) is 34.5 Å². The van der Waals surface area contributed by atoms with Crippen molar-refractivity contribution in [3.63, 3.8) is 0 Å². The van der Waals surface area contributed by atoms with Gasteiger partial charge in [-0.15, -0.1) is 11.8 Å². The fourth-order valence-electron chi connectivity index (χ4n) is 8.54. The fraction of sp³-hybridized carbons (Fsp3) is 0.750. The molecule has 1 aromatic rings. The Labute approximate surface area is 198 Å². The smallest absolute Gasteiger partial charge is 0.230 e. The largest absolute Gasteiger partial charge is 0.393 e. The normalized spacial score (nSPS) is 43.1. The third-order valence-corrected chi connectivity index (χ3v) is 11.3. The van der Waals surface area contributed by atoms with Crippen molar-refractivity contribution in [2.45, 2.75) is 89.5 Å². The van der Waals surface area contributed by atoms with Gasteiger partial charge in [0, 0.05) is 11.8 Å². The maximum Gasteiger partial charge on any atom is 0.230 e. The highest BCUT2D eigenvalue weighted by Gasteiger charge is 2.60. The Kier molecular flexibility index (Phi) is 6.39. The van der Waals surface area contributed by atoms with E-state index in [1.165, 1.54) is 44.1 Å². The number of benzene rings is 1. The first-order valence-corrected chi connectivity index (χ1v) is 14.1. The lowest BCUT2D eigenvalue weighted by molar-refractivity contribution is -0.128.